The van der Waals surface area contributed by atoms with Crippen LogP contribution in [0.1, 0.15) is 33.6 Å². The largest absolute Gasteiger partial charge is 0.492 e. The SMILES string of the molecule is CCCC(C)(CO)NC(=O)Nc1ccc(F)cc1OCC. The zero-order chi connectivity index (χ0) is 15.9. The highest BCUT2D eigenvalue weighted by Gasteiger charge is 2.24. The fourth-order valence-corrected chi connectivity index (χ4v) is 2.03. The molecule has 0 heterocycles. The molecule has 0 saturated heterocycles. The van der Waals surface area contributed by atoms with Crippen molar-refractivity contribution in [2.75, 3.05) is 18.5 Å². The van der Waals surface area contributed by atoms with Crippen LogP contribution in [0.25, 0.3) is 0 Å². The van der Waals surface area contributed by atoms with Crippen molar-refractivity contribution < 1.29 is 19.0 Å². The van der Waals surface area contributed by atoms with E-state index in [4.69, 9.17) is 4.74 Å². The van der Waals surface area contributed by atoms with Crippen LogP contribution >= 0.6 is 0 Å². The molecule has 1 aromatic rings. The van der Waals surface area contributed by atoms with Gasteiger partial charge in [0, 0.05) is 6.07 Å². The third kappa shape index (κ3) is 5.23. The number of ether oxygens (including phenoxy) is 1. The predicted octanol–water partition coefficient (Wildman–Crippen LogP) is 2.90. The first-order valence-corrected chi connectivity index (χ1v) is 7.06. The van der Waals surface area contributed by atoms with Crippen molar-refractivity contribution in [1.82, 2.24) is 5.32 Å². The summed E-state index contributed by atoms with van der Waals surface area (Å²) in [5.41, 5.74) is -0.308. The van der Waals surface area contributed by atoms with E-state index in [1.165, 1.54) is 18.2 Å². The topological polar surface area (TPSA) is 70.6 Å². The van der Waals surface area contributed by atoms with E-state index in [9.17, 15) is 14.3 Å². The maximum atomic E-state index is 13.2. The second-order valence-corrected chi connectivity index (χ2v) is 5.12. The minimum atomic E-state index is -0.690. The maximum Gasteiger partial charge on any atom is 0.319 e. The van der Waals surface area contributed by atoms with Gasteiger partial charge in [0.05, 0.1) is 24.4 Å². The Bertz CT molecular complexity index is 482. The van der Waals surface area contributed by atoms with Crippen molar-refractivity contribution in [2.45, 2.75) is 39.2 Å². The Morgan fingerprint density at radius 1 is 1.43 bits per heavy atom. The Morgan fingerprint density at radius 2 is 2.14 bits per heavy atom. The van der Waals surface area contributed by atoms with E-state index in [1.807, 2.05) is 6.92 Å². The van der Waals surface area contributed by atoms with E-state index in [2.05, 4.69) is 10.6 Å². The third-order valence-electron chi connectivity index (χ3n) is 3.06. The monoisotopic (exact) mass is 298 g/mol. The zero-order valence-corrected chi connectivity index (χ0v) is 12.7. The molecule has 6 heteroatoms. The molecule has 0 bridgehead atoms. The molecule has 0 spiro atoms. The van der Waals surface area contributed by atoms with Gasteiger partial charge in [0.25, 0.3) is 0 Å². The highest BCUT2D eigenvalue weighted by atomic mass is 19.1. The third-order valence-corrected chi connectivity index (χ3v) is 3.06. The number of hydrogen-bond donors (Lipinski definition) is 3. The first kappa shape index (κ1) is 17.2. The molecule has 1 aromatic carbocycles. The normalized spacial score (nSPS) is 13.4. The van der Waals surface area contributed by atoms with Crippen LogP contribution in [0.4, 0.5) is 14.9 Å². The standard InChI is InChI=1S/C15H23FN2O3/c1-4-8-15(3,10-19)18-14(20)17-12-7-6-11(16)9-13(12)21-5-2/h6-7,9,19H,4-5,8,10H2,1-3H3,(H2,17,18,20). The summed E-state index contributed by atoms with van der Waals surface area (Å²) in [5, 5.41) is 14.7. The first-order valence-electron chi connectivity index (χ1n) is 7.06. The van der Waals surface area contributed by atoms with E-state index in [-0.39, 0.29) is 12.4 Å². The van der Waals surface area contributed by atoms with Crippen LogP contribution in [0.2, 0.25) is 0 Å². The van der Waals surface area contributed by atoms with Crippen LogP contribution in [0.15, 0.2) is 18.2 Å². The van der Waals surface area contributed by atoms with E-state index in [0.717, 1.165) is 6.42 Å². The average molecular weight is 298 g/mol. The molecule has 0 radical (unpaired) electrons. The summed E-state index contributed by atoms with van der Waals surface area (Å²) >= 11 is 0. The zero-order valence-electron chi connectivity index (χ0n) is 12.7. The molecular weight excluding hydrogens is 275 g/mol. The number of urea groups is 1. The van der Waals surface area contributed by atoms with Gasteiger partial charge in [0.1, 0.15) is 11.6 Å². The molecule has 3 N–H and O–H groups in total. The van der Waals surface area contributed by atoms with Crippen LogP contribution in [0.5, 0.6) is 5.75 Å². The molecule has 0 saturated carbocycles. The Kier molecular flexibility index (Phi) is 6.42. The number of carbonyl (C=O) groups is 1. The van der Waals surface area contributed by atoms with E-state index in [1.54, 1.807) is 13.8 Å². The van der Waals surface area contributed by atoms with E-state index in [0.29, 0.717) is 18.7 Å². The molecule has 5 nitrogen and oxygen atoms in total. The van der Waals surface area contributed by atoms with Gasteiger partial charge in [-0.1, -0.05) is 13.3 Å². The number of aliphatic hydroxyl groups excluding tert-OH is 1. The lowest BCUT2D eigenvalue weighted by atomic mass is 9.98. The molecular formula is C15H23FN2O3. The number of nitrogens with one attached hydrogen (secondary N) is 2. The Balaban J connectivity index is 2.78. The summed E-state index contributed by atoms with van der Waals surface area (Å²) in [6, 6.07) is 3.44. The molecule has 118 valence electrons. The number of carbonyl (C=O) groups excluding carboxylic acids is 1. The summed E-state index contributed by atoms with van der Waals surface area (Å²) in [7, 11) is 0. The fourth-order valence-electron chi connectivity index (χ4n) is 2.03. The number of benzene rings is 1. The van der Waals surface area contributed by atoms with Crippen molar-refractivity contribution in [3.63, 3.8) is 0 Å². The van der Waals surface area contributed by atoms with Gasteiger partial charge >= 0.3 is 6.03 Å². The number of halogens is 1. The smallest absolute Gasteiger partial charge is 0.319 e. The quantitative estimate of drug-likeness (QED) is 0.725. The molecule has 1 unspecified atom stereocenters. The minimum absolute atomic E-state index is 0.157. The van der Waals surface area contributed by atoms with Gasteiger partial charge in [-0.15, -0.1) is 0 Å². The second kappa shape index (κ2) is 7.83. The van der Waals surface area contributed by atoms with Crippen LogP contribution in [0, 0.1) is 5.82 Å². The average Bonchev–Trinajstić information content (AvgIpc) is 2.42. The number of hydrogen-bond acceptors (Lipinski definition) is 3. The molecule has 21 heavy (non-hydrogen) atoms. The van der Waals surface area contributed by atoms with Crippen LogP contribution < -0.4 is 15.4 Å². The van der Waals surface area contributed by atoms with Gasteiger partial charge < -0.3 is 20.5 Å². The van der Waals surface area contributed by atoms with E-state index >= 15 is 0 Å². The highest BCUT2D eigenvalue weighted by Crippen LogP contribution is 2.25. The van der Waals surface area contributed by atoms with Crippen molar-refractivity contribution >= 4 is 11.7 Å². The Morgan fingerprint density at radius 3 is 2.71 bits per heavy atom. The maximum absolute atomic E-state index is 13.2. The van der Waals surface area contributed by atoms with Gasteiger partial charge in [0.2, 0.25) is 0 Å². The van der Waals surface area contributed by atoms with Crippen molar-refractivity contribution in [3.05, 3.63) is 24.0 Å². The summed E-state index contributed by atoms with van der Waals surface area (Å²) in [6.07, 6.45) is 1.48. The second-order valence-electron chi connectivity index (χ2n) is 5.12. The van der Waals surface area contributed by atoms with E-state index < -0.39 is 17.4 Å². The molecule has 0 aromatic heterocycles. The summed E-state index contributed by atoms with van der Waals surface area (Å²) in [6.45, 7) is 5.73. The summed E-state index contributed by atoms with van der Waals surface area (Å²) in [4.78, 5) is 12.0. The van der Waals surface area contributed by atoms with Gasteiger partial charge in [0.15, 0.2) is 0 Å². The number of anilines is 1. The highest BCUT2D eigenvalue weighted by molar-refractivity contribution is 5.91. The summed E-state index contributed by atoms with van der Waals surface area (Å²) < 4.78 is 18.5. The molecule has 0 aliphatic rings. The van der Waals surface area contributed by atoms with Crippen molar-refractivity contribution in [2.24, 2.45) is 0 Å². The van der Waals surface area contributed by atoms with Gasteiger partial charge in [-0.2, -0.15) is 0 Å². The van der Waals surface area contributed by atoms with Gasteiger partial charge in [-0.25, -0.2) is 9.18 Å². The lowest BCUT2D eigenvalue weighted by Crippen LogP contribution is -2.50. The van der Waals surface area contributed by atoms with Crippen LogP contribution in [0.3, 0.4) is 0 Å². The lowest BCUT2D eigenvalue weighted by molar-refractivity contribution is 0.167. The van der Waals surface area contributed by atoms with Crippen LogP contribution in [-0.4, -0.2) is 29.9 Å². The summed E-state index contributed by atoms with van der Waals surface area (Å²) in [5.74, 6) is -0.163. The molecule has 0 aliphatic carbocycles. The van der Waals surface area contributed by atoms with Crippen LogP contribution in [-0.2, 0) is 0 Å². The Hall–Kier alpha value is -1.82. The van der Waals surface area contributed by atoms with Gasteiger partial charge in [-0.3, -0.25) is 0 Å². The molecule has 1 rings (SSSR count). The Labute approximate surface area is 124 Å². The molecule has 2 amide bonds. The lowest BCUT2D eigenvalue weighted by Gasteiger charge is -2.28. The molecule has 0 fully saturated rings. The predicted molar refractivity (Wildman–Crippen MR) is 80.1 cm³/mol. The van der Waals surface area contributed by atoms with Crippen molar-refractivity contribution in [1.29, 1.82) is 0 Å². The van der Waals surface area contributed by atoms with Crippen molar-refractivity contribution in [3.8, 4) is 5.75 Å². The fraction of sp³-hybridized carbons (Fsp3) is 0.533. The molecule has 0 aliphatic heterocycles. The number of rotatable bonds is 7. The number of amides is 2. The number of aliphatic hydroxyl groups is 1. The first-order chi connectivity index (χ1) is 9.94. The van der Waals surface area contributed by atoms with Gasteiger partial charge in [-0.05, 0) is 32.4 Å². The molecule has 1 atom stereocenters. The minimum Gasteiger partial charge on any atom is -0.492 e.